The Morgan fingerprint density at radius 2 is 1.59 bits per heavy atom. The molecule has 2 heterocycles. The van der Waals surface area contributed by atoms with Crippen molar-refractivity contribution in [3.63, 3.8) is 0 Å². The molecule has 27 heavy (non-hydrogen) atoms. The quantitative estimate of drug-likeness (QED) is 0.615. The van der Waals surface area contributed by atoms with E-state index in [0.29, 0.717) is 15.6 Å². The third-order valence-corrected chi connectivity index (χ3v) is 5.59. The monoisotopic (exact) mass is 399 g/mol. The summed E-state index contributed by atoms with van der Waals surface area (Å²) in [5.41, 5.74) is 2.66. The third kappa shape index (κ3) is 2.89. The largest absolute Gasteiger partial charge is 0.328 e. The molecule has 3 aromatic rings. The van der Waals surface area contributed by atoms with Crippen LogP contribution in [0.4, 0.5) is 10.5 Å². The summed E-state index contributed by atoms with van der Waals surface area (Å²) in [6.07, 6.45) is 1.66. The third-order valence-electron chi connectivity index (χ3n) is 4.47. The number of aryl methyl sites for hydroxylation is 2. The number of aromatic nitrogens is 2. The zero-order valence-corrected chi connectivity index (χ0v) is 16.0. The average molecular weight is 400 g/mol. The number of imidazole rings is 1. The van der Waals surface area contributed by atoms with Gasteiger partial charge < -0.3 is 0 Å². The molecule has 136 valence electrons. The number of thioether (sulfide) groups is 1. The minimum Gasteiger partial charge on any atom is -0.295 e. The van der Waals surface area contributed by atoms with Crippen LogP contribution in [0.15, 0.2) is 52.2 Å². The van der Waals surface area contributed by atoms with E-state index in [2.05, 4.69) is 0 Å². The van der Waals surface area contributed by atoms with E-state index in [-0.39, 0.29) is 16.8 Å². The maximum Gasteiger partial charge on any atom is 0.328 e. The number of carbonyl (C=O) groups is 2. The Balaban J connectivity index is 1.72. The molecule has 0 radical (unpaired) electrons. The first kappa shape index (κ1) is 17.6. The number of anilines is 1. The number of fused-ring (bicyclic) bond motifs is 1. The van der Waals surface area contributed by atoms with Crippen molar-refractivity contribution >= 4 is 57.3 Å². The molecule has 0 N–H and O–H groups in total. The Bertz CT molecular complexity index is 1190. The second kappa shape index (κ2) is 6.44. The molecule has 0 atom stereocenters. The van der Waals surface area contributed by atoms with Crippen LogP contribution in [0.3, 0.4) is 0 Å². The van der Waals surface area contributed by atoms with Gasteiger partial charge in [-0.3, -0.25) is 18.7 Å². The number of imide groups is 1. The Morgan fingerprint density at radius 1 is 0.926 bits per heavy atom. The van der Waals surface area contributed by atoms with Crippen LogP contribution >= 0.6 is 23.4 Å². The summed E-state index contributed by atoms with van der Waals surface area (Å²) in [4.78, 5) is 38.6. The molecule has 0 unspecified atom stereocenters. The molecule has 8 heteroatoms. The van der Waals surface area contributed by atoms with Gasteiger partial charge in [-0.2, -0.15) is 0 Å². The van der Waals surface area contributed by atoms with Crippen molar-refractivity contribution in [3.8, 4) is 0 Å². The standard InChI is InChI=1S/C19H14ClN3O3S/c1-21-14-8-3-11(9-15(14)22(2)18(21)25)10-16-17(24)23(19(26)27-16)13-6-4-12(20)5-7-13/h3-10H,1-2H3/b16-10+. The molecule has 2 aromatic carbocycles. The van der Waals surface area contributed by atoms with Crippen LogP contribution in [0.2, 0.25) is 5.02 Å². The first-order valence-electron chi connectivity index (χ1n) is 8.06. The normalized spacial score (nSPS) is 16.1. The predicted molar refractivity (Wildman–Crippen MR) is 108 cm³/mol. The van der Waals surface area contributed by atoms with Gasteiger partial charge in [0.15, 0.2) is 0 Å². The molecule has 1 aliphatic heterocycles. The summed E-state index contributed by atoms with van der Waals surface area (Å²) in [6, 6.07) is 12.0. The van der Waals surface area contributed by atoms with Crippen LogP contribution < -0.4 is 10.6 Å². The second-order valence-electron chi connectivity index (χ2n) is 6.14. The lowest BCUT2D eigenvalue weighted by Gasteiger charge is -2.12. The number of halogens is 1. The fourth-order valence-corrected chi connectivity index (χ4v) is 4.01. The van der Waals surface area contributed by atoms with Gasteiger partial charge in [0.25, 0.3) is 11.1 Å². The van der Waals surface area contributed by atoms with Crippen molar-refractivity contribution in [3.05, 3.63) is 68.4 Å². The summed E-state index contributed by atoms with van der Waals surface area (Å²) >= 11 is 6.75. The molecule has 4 rings (SSSR count). The Morgan fingerprint density at radius 3 is 2.30 bits per heavy atom. The highest BCUT2D eigenvalue weighted by Crippen LogP contribution is 2.36. The van der Waals surface area contributed by atoms with Gasteiger partial charge in [0, 0.05) is 19.1 Å². The molecule has 0 spiro atoms. The minimum absolute atomic E-state index is 0.120. The first-order valence-corrected chi connectivity index (χ1v) is 9.25. The van der Waals surface area contributed by atoms with E-state index in [1.165, 1.54) is 0 Å². The highest BCUT2D eigenvalue weighted by atomic mass is 35.5. The van der Waals surface area contributed by atoms with E-state index in [9.17, 15) is 14.4 Å². The lowest BCUT2D eigenvalue weighted by Crippen LogP contribution is -2.27. The fourth-order valence-electron chi connectivity index (χ4n) is 3.05. The summed E-state index contributed by atoms with van der Waals surface area (Å²) in [6.45, 7) is 0. The summed E-state index contributed by atoms with van der Waals surface area (Å²) < 4.78 is 3.11. The molecule has 0 aliphatic carbocycles. The van der Waals surface area contributed by atoms with Gasteiger partial charge >= 0.3 is 5.69 Å². The summed E-state index contributed by atoms with van der Waals surface area (Å²) in [5.74, 6) is -0.380. The van der Waals surface area contributed by atoms with Gasteiger partial charge in [-0.1, -0.05) is 17.7 Å². The topological polar surface area (TPSA) is 64.3 Å². The first-order chi connectivity index (χ1) is 12.9. The molecule has 1 aliphatic rings. The van der Waals surface area contributed by atoms with E-state index >= 15 is 0 Å². The second-order valence-corrected chi connectivity index (χ2v) is 7.57. The van der Waals surface area contributed by atoms with Crippen molar-refractivity contribution in [2.45, 2.75) is 0 Å². The van der Waals surface area contributed by atoms with Crippen molar-refractivity contribution in [2.24, 2.45) is 14.1 Å². The van der Waals surface area contributed by atoms with Gasteiger partial charge in [0.05, 0.1) is 21.6 Å². The van der Waals surface area contributed by atoms with Crippen molar-refractivity contribution < 1.29 is 9.59 Å². The molecule has 0 bridgehead atoms. The molecule has 1 fully saturated rings. The molecular weight excluding hydrogens is 386 g/mol. The van der Waals surface area contributed by atoms with Gasteiger partial charge in [0.2, 0.25) is 0 Å². The average Bonchev–Trinajstić information content (AvgIpc) is 3.04. The molecule has 0 saturated carbocycles. The van der Waals surface area contributed by atoms with Crippen LogP contribution in [0.5, 0.6) is 0 Å². The molecule has 1 saturated heterocycles. The lowest BCUT2D eigenvalue weighted by molar-refractivity contribution is -0.113. The zero-order chi connectivity index (χ0) is 19.3. The number of hydrogen-bond acceptors (Lipinski definition) is 4. The number of hydrogen-bond donors (Lipinski definition) is 0. The maximum absolute atomic E-state index is 12.7. The number of nitrogens with zero attached hydrogens (tertiary/aromatic N) is 3. The number of benzene rings is 2. The number of amides is 2. The van der Waals surface area contributed by atoms with Crippen LogP contribution in [0.25, 0.3) is 17.1 Å². The lowest BCUT2D eigenvalue weighted by atomic mass is 10.1. The van der Waals surface area contributed by atoms with Crippen LogP contribution in [-0.4, -0.2) is 20.3 Å². The Kier molecular flexibility index (Phi) is 4.20. The predicted octanol–water partition coefficient (Wildman–Crippen LogP) is 3.77. The van der Waals surface area contributed by atoms with Gasteiger partial charge in [-0.15, -0.1) is 0 Å². The fraction of sp³-hybridized carbons (Fsp3) is 0.105. The van der Waals surface area contributed by atoms with Crippen molar-refractivity contribution in [1.29, 1.82) is 0 Å². The van der Waals surface area contributed by atoms with Crippen LogP contribution in [-0.2, 0) is 18.9 Å². The zero-order valence-electron chi connectivity index (χ0n) is 14.5. The minimum atomic E-state index is -0.380. The van der Waals surface area contributed by atoms with E-state index in [4.69, 9.17) is 11.6 Å². The molecule has 2 amide bonds. The van der Waals surface area contributed by atoms with Gasteiger partial charge in [-0.05, 0) is 59.8 Å². The molecule has 6 nitrogen and oxygen atoms in total. The number of rotatable bonds is 2. The van der Waals surface area contributed by atoms with Crippen molar-refractivity contribution in [1.82, 2.24) is 9.13 Å². The number of carbonyl (C=O) groups excluding carboxylic acids is 2. The van der Waals surface area contributed by atoms with Gasteiger partial charge in [0.1, 0.15) is 0 Å². The van der Waals surface area contributed by atoms with E-state index in [1.54, 1.807) is 53.6 Å². The van der Waals surface area contributed by atoms with E-state index in [0.717, 1.165) is 33.3 Å². The summed E-state index contributed by atoms with van der Waals surface area (Å²) in [7, 11) is 3.41. The van der Waals surface area contributed by atoms with Crippen molar-refractivity contribution in [2.75, 3.05) is 4.90 Å². The highest BCUT2D eigenvalue weighted by molar-refractivity contribution is 8.19. The molecule has 1 aromatic heterocycles. The van der Waals surface area contributed by atoms with Crippen LogP contribution in [0, 0.1) is 0 Å². The van der Waals surface area contributed by atoms with E-state index < -0.39 is 0 Å². The Hall–Kier alpha value is -2.77. The Labute approximate surface area is 163 Å². The highest BCUT2D eigenvalue weighted by Gasteiger charge is 2.36. The van der Waals surface area contributed by atoms with Gasteiger partial charge in [-0.25, -0.2) is 9.69 Å². The molecular formula is C19H14ClN3O3S. The summed E-state index contributed by atoms with van der Waals surface area (Å²) in [5, 5.41) is 0.171. The smallest absolute Gasteiger partial charge is 0.295 e. The maximum atomic E-state index is 12.7. The van der Waals surface area contributed by atoms with Crippen LogP contribution in [0.1, 0.15) is 5.56 Å². The van der Waals surface area contributed by atoms with E-state index in [1.807, 2.05) is 18.2 Å². The SMILES string of the molecule is Cn1c(=O)n(C)c2cc(/C=C3/SC(=O)N(c4ccc(Cl)cc4)C3=O)ccc21.